The SMILES string of the molecule is O=C(CN(c1ccc(F)cc1)S(=O)(=O)c1ccc2c(c1)OCCO2)NCCSCc1ccccc1F. The summed E-state index contributed by atoms with van der Waals surface area (Å²) < 4.78 is 66.1. The van der Waals surface area contributed by atoms with Crippen molar-refractivity contribution in [3.63, 3.8) is 0 Å². The average molecular weight is 535 g/mol. The van der Waals surface area contributed by atoms with Crippen LogP contribution in [-0.2, 0) is 20.6 Å². The van der Waals surface area contributed by atoms with Gasteiger partial charge in [-0.1, -0.05) is 18.2 Å². The number of carbonyl (C=O) groups is 1. The summed E-state index contributed by atoms with van der Waals surface area (Å²) in [5, 5.41) is 2.69. The van der Waals surface area contributed by atoms with Crippen molar-refractivity contribution in [1.82, 2.24) is 5.32 Å². The third kappa shape index (κ3) is 6.27. The first-order valence-electron chi connectivity index (χ1n) is 11.1. The molecule has 36 heavy (non-hydrogen) atoms. The molecule has 3 aromatic carbocycles. The fourth-order valence-electron chi connectivity index (χ4n) is 3.48. The Morgan fingerprint density at radius 3 is 2.44 bits per heavy atom. The van der Waals surface area contributed by atoms with Gasteiger partial charge in [-0.15, -0.1) is 0 Å². The van der Waals surface area contributed by atoms with Crippen molar-refractivity contribution in [3.8, 4) is 11.5 Å². The molecule has 0 unspecified atom stereocenters. The number of nitrogens with one attached hydrogen (secondary N) is 1. The monoisotopic (exact) mass is 534 g/mol. The van der Waals surface area contributed by atoms with Gasteiger partial charge in [0.05, 0.1) is 10.6 Å². The van der Waals surface area contributed by atoms with Gasteiger partial charge in [0.1, 0.15) is 31.4 Å². The van der Waals surface area contributed by atoms with Gasteiger partial charge < -0.3 is 14.8 Å². The Hall–Kier alpha value is -3.31. The lowest BCUT2D eigenvalue weighted by atomic mass is 10.2. The van der Waals surface area contributed by atoms with Gasteiger partial charge in [-0.05, 0) is 48.0 Å². The standard InChI is InChI=1S/C25H24F2N2O5S2/c26-19-5-7-20(8-6-19)29(36(31,32)21-9-10-23-24(15-21)34-13-12-33-23)16-25(30)28-11-14-35-17-18-3-1-2-4-22(18)27/h1-10,15H,11-14,16-17H2,(H,28,30). The molecule has 3 aromatic rings. The Bertz CT molecular complexity index is 1320. The molecule has 0 aliphatic carbocycles. The third-order valence-electron chi connectivity index (χ3n) is 5.29. The van der Waals surface area contributed by atoms with Gasteiger partial charge in [0.25, 0.3) is 10.0 Å². The Balaban J connectivity index is 1.44. The molecule has 1 N–H and O–H groups in total. The molecule has 0 fully saturated rings. The maximum atomic E-state index is 13.7. The molecule has 1 amide bonds. The van der Waals surface area contributed by atoms with Crippen molar-refractivity contribution in [2.75, 3.05) is 36.4 Å². The van der Waals surface area contributed by atoms with Crippen molar-refractivity contribution < 1.29 is 31.5 Å². The highest BCUT2D eigenvalue weighted by Gasteiger charge is 2.29. The first-order valence-corrected chi connectivity index (χ1v) is 13.7. The minimum absolute atomic E-state index is 0.0932. The van der Waals surface area contributed by atoms with E-state index < -0.39 is 28.3 Å². The van der Waals surface area contributed by atoms with E-state index in [-0.39, 0.29) is 35.3 Å². The van der Waals surface area contributed by atoms with E-state index in [1.165, 1.54) is 48.2 Å². The molecule has 4 rings (SSSR count). The van der Waals surface area contributed by atoms with E-state index in [0.717, 1.165) is 16.4 Å². The largest absolute Gasteiger partial charge is 0.486 e. The molecule has 1 aliphatic heterocycles. The lowest BCUT2D eigenvalue weighted by Crippen LogP contribution is -2.41. The fourth-order valence-corrected chi connectivity index (χ4v) is 5.76. The number of benzene rings is 3. The number of halogens is 2. The molecule has 0 atom stereocenters. The number of sulfonamides is 1. The zero-order valence-corrected chi connectivity index (χ0v) is 20.8. The van der Waals surface area contributed by atoms with Crippen LogP contribution in [0.2, 0.25) is 0 Å². The highest BCUT2D eigenvalue weighted by atomic mass is 32.2. The molecule has 0 saturated carbocycles. The van der Waals surface area contributed by atoms with Gasteiger partial charge in [0.15, 0.2) is 11.5 Å². The normalized spacial score (nSPS) is 12.7. The summed E-state index contributed by atoms with van der Waals surface area (Å²) in [6.45, 7) is 0.398. The van der Waals surface area contributed by atoms with Crippen LogP contribution in [0.3, 0.4) is 0 Å². The Labute approximate surface area is 212 Å². The maximum Gasteiger partial charge on any atom is 0.264 e. The minimum atomic E-state index is -4.20. The second-order valence-corrected chi connectivity index (χ2v) is 10.8. The predicted molar refractivity (Wildman–Crippen MR) is 134 cm³/mol. The topological polar surface area (TPSA) is 84.9 Å². The number of ether oxygens (including phenoxy) is 2. The van der Waals surface area contributed by atoms with Crippen LogP contribution in [0.25, 0.3) is 0 Å². The number of carbonyl (C=O) groups excluding carboxylic acids is 1. The number of anilines is 1. The highest BCUT2D eigenvalue weighted by Crippen LogP contribution is 2.34. The molecule has 0 saturated heterocycles. The summed E-state index contributed by atoms with van der Waals surface area (Å²) in [5.74, 6) is 0.317. The molecule has 0 radical (unpaired) electrons. The average Bonchev–Trinajstić information content (AvgIpc) is 2.88. The minimum Gasteiger partial charge on any atom is -0.486 e. The number of rotatable bonds is 10. The molecule has 1 heterocycles. The lowest BCUT2D eigenvalue weighted by molar-refractivity contribution is -0.119. The third-order valence-corrected chi connectivity index (χ3v) is 8.07. The Morgan fingerprint density at radius 1 is 0.972 bits per heavy atom. The van der Waals surface area contributed by atoms with Crippen LogP contribution in [0.5, 0.6) is 11.5 Å². The van der Waals surface area contributed by atoms with Crippen molar-refractivity contribution >= 4 is 33.4 Å². The predicted octanol–water partition coefficient (Wildman–Crippen LogP) is 3.98. The zero-order chi connectivity index (χ0) is 25.5. The summed E-state index contributed by atoms with van der Waals surface area (Å²) in [5.41, 5.74) is 0.706. The summed E-state index contributed by atoms with van der Waals surface area (Å²) in [6, 6.07) is 15.5. The number of nitrogens with zero attached hydrogens (tertiary/aromatic N) is 1. The van der Waals surface area contributed by atoms with E-state index in [4.69, 9.17) is 9.47 Å². The van der Waals surface area contributed by atoms with E-state index in [1.54, 1.807) is 18.2 Å². The zero-order valence-electron chi connectivity index (χ0n) is 19.2. The molecule has 0 aromatic heterocycles. The van der Waals surface area contributed by atoms with Gasteiger partial charge in [0.2, 0.25) is 5.91 Å². The number of thioether (sulfide) groups is 1. The first-order chi connectivity index (χ1) is 17.3. The van der Waals surface area contributed by atoms with Crippen molar-refractivity contribution in [2.45, 2.75) is 10.6 Å². The Kier molecular flexibility index (Phi) is 8.32. The summed E-state index contributed by atoms with van der Waals surface area (Å²) in [4.78, 5) is 12.6. The van der Waals surface area contributed by atoms with E-state index in [1.807, 2.05) is 0 Å². The number of hydrogen-bond donors (Lipinski definition) is 1. The van der Waals surface area contributed by atoms with E-state index >= 15 is 0 Å². The Morgan fingerprint density at radius 2 is 1.69 bits per heavy atom. The second kappa shape index (κ2) is 11.6. The van der Waals surface area contributed by atoms with E-state index in [9.17, 15) is 22.0 Å². The first kappa shape index (κ1) is 25.8. The van der Waals surface area contributed by atoms with Gasteiger partial charge in [-0.2, -0.15) is 11.8 Å². The molecule has 1 aliphatic rings. The van der Waals surface area contributed by atoms with Crippen molar-refractivity contribution in [1.29, 1.82) is 0 Å². The molecule has 0 bridgehead atoms. The van der Waals surface area contributed by atoms with Crippen LogP contribution in [0.15, 0.2) is 71.6 Å². The number of hydrogen-bond acceptors (Lipinski definition) is 6. The second-order valence-electron chi connectivity index (χ2n) is 7.79. The maximum absolute atomic E-state index is 13.7. The molecule has 0 spiro atoms. The molecule has 190 valence electrons. The fraction of sp³-hybridized carbons (Fsp3) is 0.240. The van der Waals surface area contributed by atoms with E-state index in [2.05, 4.69) is 5.32 Å². The van der Waals surface area contributed by atoms with Gasteiger partial charge in [0, 0.05) is 24.1 Å². The number of amides is 1. The van der Waals surface area contributed by atoms with Gasteiger partial charge in [-0.25, -0.2) is 17.2 Å². The van der Waals surface area contributed by atoms with Crippen LogP contribution >= 0.6 is 11.8 Å². The summed E-state index contributed by atoms with van der Waals surface area (Å²) in [7, 11) is -4.20. The summed E-state index contributed by atoms with van der Waals surface area (Å²) >= 11 is 1.44. The quantitative estimate of drug-likeness (QED) is 0.396. The van der Waals surface area contributed by atoms with Crippen molar-refractivity contribution in [2.24, 2.45) is 0 Å². The van der Waals surface area contributed by atoms with Crippen LogP contribution in [0, 0.1) is 11.6 Å². The molecule has 7 nitrogen and oxygen atoms in total. The van der Waals surface area contributed by atoms with Gasteiger partial charge in [-0.3, -0.25) is 9.10 Å². The van der Waals surface area contributed by atoms with Crippen LogP contribution in [-0.4, -0.2) is 46.4 Å². The van der Waals surface area contributed by atoms with Crippen molar-refractivity contribution in [3.05, 3.63) is 83.9 Å². The van der Waals surface area contributed by atoms with Crippen LogP contribution in [0.1, 0.15) is 5.56 Å². The van der Waals surface area contributed by atoms with Gasteiger partial charge >= 0.3 is 0 Å². The lowest BCUT2D eigenvalue weighted by Gasteiger charge is -2.25. The molecular formula is C25H24F2N2O5S2. The number of fused-ring (bicyclic) bond motifs is 1. The van der Waals surface area contributed by atoms with Crippen LogP contribution in [0.4, 0.5) is 14.5 Å². The molecular weight excluding hydrogens is 510 g/mol. The highest BCUT2D eigenvalue weighted by molar-refractivity contribution is 7.98. The molecule has 11 heteroatoms. The smallest absolute Gasteiger partial charge is 0.264 e. The van der Waals surface area contributed by atoms with E-state index in [0.29, 0.717) is 29.4 Å². The summed E-state index contributed by atoms with van der Waals surface area (Å²) in [6.07, 6.45) is 0. The van der Waals surface area contributed by atoms with Crippen LogP contribution < -0.4 is 19.1 Å².